The highest BCUT2D eigenvalue weighted by Gasteiger charge is 2.19. The van der Waals surface area contributed by atoms with Gasteiger partial charge in [0.15, 0.2) is 0 Å². The molecule has 2 N–H and O–H groups in total. The number of nitrogens with one attached hydrogen (secondary N) is 1. The van der Waals surface area contributed by atoms with Crippen LogP contribution in [0.25, 0.3) is 0 Å². The molecule has 5 nitrogen and oxygen atoms in total. The molecule has 1 aliphatic heterocycles. The Bertz CT molecular complexity index is 467. The average molecular weight is 298 g/mol. The summed E-state index contributed by atoms with van der Waals surface area (Å²) in [5.41, 5.74) is 0.973. The second kappa shape index (κ2) is 6.90. The van der Waals surface area contributed by atoms with E-state index in [9.17, 15) is 9.90 Å². The highest BCUT2D eigenvalue weighted by Crippen LogP contribution is 2.18. The minimum atomic E-state index is -0.534. The molecule has 20 heavy (non-hydrogen) atoms. The van der Waals surface area contributed by atoms with E-state index in [1.165, 1.54) is 0 Å². The third-order valence-corrected chi connectivity index (χ3v) is 3.56. The molecule has 1 amide bonds. The summed E-state index contributed by atoms with van der Waals surface area (Å²) in [6.45, 7) is 3.59. The van der Waals surface area contributed by atoms with E-state index in [0.717, 1.165) is 30.8 Å². The third-order valence-electron chi connectivity index (χ3n) is 3.36. The number of carbonyl (C=O) groups is 1. The number of hydrogen-bond donors (Lipinski definition) is 2. The number of aliphatic hydroxyl groups excluding tert-OH is 1. The Morgan fingerprint density at radius 2 is 2.50 bits per heavy atom. The van der Waals surface area contributed by atoms with Gasteiger partial charge in [-0.15, -0.1) is 11.6 Å². The van der Waals surface area contributed by atoms with E-state index in [0.29, 0.717) is 13.1 Å². The number of hydrogen-bond acceptors (Lipinski definition) is 4. The SMILES string of the molecule is CC(Cl)C(=O)NCc1ccnc(N2CCCC(O)C2)c1. The number of pyridine rings is 1. The van der Waals surface area contributed by atoms with Gasteiger partial charge in [-0.2, -0.15) is 0 Å². The number of nitrogens with zero attached hydrogens (tertiary/aromatic N) is 2. The lowest BCUT2D eigenvalue weighted by Gasteiger charge is -2.31. The zero-order valence-corrected chi connectivity index (χ0v) is 12.3. The number of rotatable bonds is 4. The number of amides is 1. The molecule has 2 rings (SSSR count). The van der Waals surface area contributed by atoms with Crippen LogP contribution >= 0.6 is 11.6 Å². The van der Waals surface area contributed by atoms with Gasteiger partial charge in [-0.05, 0) is 37.5 Å². The molecule has 0 spiro atoms. The van der Waals surface area contributed by atoms with Crippen LogP contribution in [0.2, 0.25) is 0 Å². The van der Waals surface area contributed by atoms with Crippen LogP contribution in [0, 0.1) is 0 Å². The quantitative estimate of drug-likeness (QED) is 0.822. The summed E-state index contributed by atoms with van der Waals surface area (Å²) in [5.74, 6) is 0.660. The number of aliphatic hydroxyl groups is 1. The Kier molecular flexibility index (Phi) is 5.20. The minimum absolute atomic E-state index is 0.182. The van der Waals surface area contributed by atoms with Crippen LogP contribution in [0.1, 0.15) is 25.3 Å². The van der Waals surface area contributed by atoms with Crippen LogP contribution in [0.4, 0.5) is 5.82 Å². The molecule has 1 aromatic rings. The van der Waals surface area contributed by atoms with Crippen molar-refractivity contribution in [1.29, 1.82) is 0 Å². The predicted molar refractivity (Wildman–Crippen MR) is 78.9 cm³/mol. The van der Waals surface area contributed by atoms with Crippen LogP contribution in [0.15, 0.2) is 18.3 Å². The second-order valence-electron chi connectivity index (χ2n) is 5.10. The first-order valence-electron chi connectivity index (χ1n) is 6.86. The summed E-state index contributed by atoms with van der Waals surface area (Å²) in [7, 11) is 0. The molecule has 1 aliphatic rings. The third kappa shape index (κ3) is 4.08. The normalized spacial score (nSPS) is 20.6. The summed E-state index contributed by atoms with van der Waals surface area (Å²) in [6, 6.07) is 3.81. The Hall–Kier alpha value is -1.33. The molecular weight excluding hydrogens is 278 g/mol. The van der Waals surface area contributed by atoms with E-state index >= 15 is 0 Å². The molecule has 0 aromatic carbocycles. The first-order valence-corrected chi connectivity index (χ1v) is 7.29. The molecule has 2 atom stereocenters. The fraction of sp³-hybridized carbons (Fsp3) is 0.571. The monoisotopic (exact) mass is 297 g/mol. The van der Waals surface area contributed by atoms with Gasteiger partial charge in [-0.1, -0.05) is 0 Å². The van der Waals surface area contributed by atoms with Crippen molar-refractivity contribution < 1.29 is 9.90 Å². The maximum absolute atomic E-state index is 11.4. The van der Waals surface area contributed by atoms with Gasteiger partial charge in [-0.25, -0.2) is 4.98 Å². The van der Waals surface area contributed by atoms with Gasteiger partial charge in [-0.3, -0.25) is 4.79 Å². The molecular formula is C14H20ClN3O2. The van der Waals surface area contributed by atoms with Crippen molar-refractivity contribution in [3.63, 3.8) is 0 Å². The van der Waals surface area contributed by atoms with Crippen molar-refractivity contribution in [2.75, 3.05) is 18.0 Å². The van der Waals surface area contributed by atoms with Crippen LogP contribution in [-0.2, 0) is 11.3 Å². The lowest BCUT2D eigenvalue weighted by molar-refractivity contribution is -0.120. The number of β-amino-alcohol motifs (C(OH)–C–C–N with tert-alkyl or cyclic N) is 1. The Labute approximate surface area is 123 Å². The molecule has 6 heteroatoms. The Morgan fingerprint density at radius 1 is 1.70 bits per heavy atom. The van der Waals surface area contributed by atoms with Crippen LogP contribution < -0.4 is 10.2 Å². The molecule has 1 fully saturated rings. The lowest BCUT2D eigenvalue weighted by Crippen LogP contribution is -2.38. The number of aromatic nitrogens is 1. The van der Waals surface area contributed by atoms with Crippen molar-refractivity contribution in [1.82, 2.24) is 10.3 Å². The maximum Gasteiger partial charge on any atom is 0.238 e. The molecule has 0 bridgehead atoms. The topological polar surface area (TPSA) is 65.5 Å². The smallest absolute Gasteiger partial charge is 0.238 e. The van der Waals surface area contributed by atoms with E-state index in [1.807, 2.05) is 12.1 Å². The van der Waals surface area contributed by atoms with E-state index in [-0.39, 0.29) is 12.0 Å². The zero-order valence-electron chi connectivity index (χ0n) is 11.6. The zero-order chi connectivity index (χ0) is 14.5. The van der Waals surface area contributed by atoms with Gasteiger partial charge >= 0.3 is 0 Å². The standard InChI is InChI=1S/C14H20ClN3O2/c1-10(15)14(20)17-8-11-4-5-16-13(7-11)18-6-2-3-12(19)9-18/h4-5,7,10,12,19H,2-3,6,8-9H2,1H3,(H,17,20). The van der Waals surface area contributed by atoms with Gasteiger partial charge in [0, 0.05) is 25.8 Å². The van der Waals surface area contributed by atoms with E-state index < -0.39 is 5.38 Å². The molecule has 0 aliphatic carbocycles. The predicted octanol–water partition coefficient (Wildman–Crippen LogP) is 1.29. The second-order valence-corrected chi connectivity index (χ2v) is 5.75. The van der Waals surface area contributed by atoms with E-state index in [4.69, 9.17) is 11.6 Å². The van der Waals surface area contributed by atoms with Crippen molar-refractivity contribution in [2.45, 2.75) is 37.8 Å². The number of anilines is 1. The van der Waals surface area contributed by atoms with Crippen LogP contribution in [-0.4, -0.2) is 40.6 Å². The van der Waals surface area contributed by atoms with Gasteiger partial charge < -0.3 is 15.3 Å². The Balaban J connectivity index is 1.98. The van der Waals surface area contributed by atoms with Gasteiger partial charge in [0.25, 0.3) is 0 Å². The molecule has 1 saturated heterocycles. The summed E-state index contributed by atoms with van der Waals surface area (Å²) in [4.78, 5) is 17.9. The van der Waals surface area contributed by atoms with Crippen LogP contribution in [0.5, 0.6) is 0 Å². The molecule has 1 aromatic heterocycles. The molecule has 110 valence electrons. The summed E-state index contributed by atoms with van der Waals surface area (Å²) < 4.78 is 0. The highest BCUT2D eigenvalue weighted by atomic mass is 35.5. The van der Waals surface area contributed by atoms with E-state index in [1.54, 1.807) is 13.1 Å². The number of halogens is 1. The minimum Gasteiger partial charge on any atom is -0.391 e. The maximum atomic E-state index is 11.4. The van der Waals surface area contributed by atoms with Crippen molar-refractivity contribution >= 4 is 23.3 Å². The summed E-state index contributed by atoms with van der Waals surface area (Å²) in [5, 5.41) is 11.9. The summed E-state index contributed by atoms with van der Waals surface area (Å²) >= 11 is 5.70. The van der Waals surface area contributed by atoms with Gasteiger partial charge in [0.1, 0.15) is 11.2 Å². The fourth-order valence-corrected chi connectivity index (χ4v) is 2.31. The lowest BCUT2D eigenvalue weighted by atomic mass is 10.1. The number of piperidine rings is 1. The number of carbonyl (C=O) groups excluding carboxylic acids is 1. The largest absolute Gasteiger partial charge is 0.391 e. The molecule has 0 saturated carbocycles. The van der Waals surface area contributed by atoms with Crippen molar-refractivity contribution in [2.24, 2.45) is 0 Å². The summed E-state index contributed by atoms with van der Waals surface area (Å²) in [6.07, 6.45) is 3.25. The molecule has 0 radical (unpaired) electrons. The van der Waals surface area contributed by atoms with Crippen LogP contribution in [0.3, 0.4) is 0 Å². The van der Waals surface area contributed by atoms with Crippen molar-refractivity contribution in [3.05, 3.63) is 23.9 Å². The fourth-order valence-electron chi connectivity index (χ4n) is 2.24. The van der Waals surface area contributed by atoms with Crippen molar-refractivity contribution in [3.8, 4) is 0 Å². The first kappa shape index (κ1) is 15.1. The highest BCUT2D eigenvalue weighted by molar-refractivity contribution is 6.30. The molecule has 2 unspecified atom stereocenters. The number of alkyl halides is 1. The average Bonchev–Trinajstić information content (AvgIpc) is 2.45. The van der Waals surface area contributed by atoms with Gasteiger partial charge in [0.05, 0.1) is 6.10 Å². The Morgan fingerprint density at radius 3 is 3.20 bits per heavy atom. The molecule has 2 heterocycles. The first-order chi connectivity index (χ1) is 9.56. The van der Waals surface area contributed by atoms with E-state index in [2.05, 4.69) is 15.2 Å². The van der Waals surface area contributed by atoms with Gasteiger partial charge in [0.2, 0.25) is 5.91 Å².